The molecule has 0 fully saturated rings. The second-order valence-corrected chi connectivity index (χ2v) is 6.03. The van der Waals surface area contributed by atoms with Gasteiger partial charge in [-0.2, -0.15) is 0 Å². The van der Waals surface area contributed by atoms with Gasteiger partial charge in [-0.1, -0.05) is 44.3 Å². The van der Waals surface area contributed by atoms with Gasteiger partial charge < -0.3 is 14.2 Å². The molecule has 0 unspecified atom stereocenters. The zero-order valence-corrected chi connectivity index (χ0v) is 15.2. The summed E-state index contributed by atoms with van der Waals surface area (Å²) in [5, 5.41) is 0. The van der Waals surface area contributed by atoms with Gasteiger partial charge in [0.05, 0.1) is 19.6 Å². The molecule has 0 aliphatic carbocycles. The summed E-state index contributed by atoms with van der Waals surface area (Å²) in [7, 11) is 1.41. The number of carbonyl (C=O) groups is 1. The lowest BCUT2D eigenvalue weighted by Crippen LogP contribution is -2.25. The predicted molar refractivity (Wildman–Crippen MR) is 102 cm³/mol. The number of methoxy groups -OCH3 is 1. The van der Waals surface area contributed by atoms with E-state index in [1.165, 1.54) is 19.6 Å². The molecule has 0 heterocycles. The van der Waals surface area contributed by atoms with Gasteiger partial charge in [0.25, 0.3) is 0 Å². The summed E-state index contributed by atoms with van der Waals surface area (Å²) in [6, 6.07) is 15.6. The highest BCUT2D eigenvalue weighted by Gasteiger charge is 2.30. The SMILES string of the molecule is C=COc1ccc(C(C)(CCC(=O)OC)c2ccc(OC=C)cc2)cc1. The Labute approximate surface area is 154 Å². The smallest absolute Gasteiger partial charge is 0.305 e. The largest absolute Gasteiger partial charge is 0.469 e. The molecule has 2 aromatic rings. The summed E-state index contributed by atoms with van der Waals surface area (Å²) in [4.78, 5) is 11.7. The van der Waals surface area contributed by atoms with Crippen molar-refractivity contribution in [1.29, 1.82) is 0 Å². The molecule has 0 bridgehead atoms. The van der Waals surface area contributed by atoms with Crippen LogP contribution in [0.15, 0.2) is 74.2 Å². The van der Waals surface area contributed by atoms with E-state index in [0.29, 0.717) is 24.3 Å². The van der Waals surface area contributed by atoms with E-state index in [2.05, 4.69) is 20.1 Å². The topological polar surface area (TPSA) is 44.8 Å². The Hall–Kier alpha value is -3.01. The number of ether oxygens (including phenoxy) is 3. The lowest BCUT2D eigenvalue weighted by atomic mass is 9.73. The summed E-state index contributed by atoms with van der Waals surface area (Å²) >= 11 is 0. The lowest BCUT2D eigenvalue weighted by Gasteiger charge is -2.31. The normalized spacial score (nSPS) is 10.7. The molecule has 0 aromatic heterocycles. The number of esters is 1. The molecular formula is C22H24O4. The van der Waals surface area contributed by atoms with Crippen LogP contribution in [-0.4, -0.2) is 13.1 Å². The van der Waals surface area contributed by atoms with Crippen molar-refractivity contribution >= 4 is 5.97 Å². The Morgan fingerprint density at radius 1 is 0.923 bits per heavy atom. The van der Waals surface area contributed by atoms with Crippen molar-refractivity contribution < 1.29 is 19.0 Å². The number of hydrogen-bond donors (Lipinski definition) is 0. The Kier molecular flexibility index (Phi) is 6.61. The Balaban J connectivity index is 2.38. The van der Waals surface area contributed by atoms with E-state index >= 15 is 0 Å². The molecule has 136 valence electrons. The van der Waals surface area contributed by atoms with E-state index in [1.807, 2.05) is 48.5 Å². The summed E-state index contributed by atoms with van der Waals surface area (Å²) in [5.41, 5.74) is 1.79. The summed E-state index contributed by atoms with van der Waals surface area (Å²) < 4.78 is 15.4. The van der Waals surface area contributed by atoms with E-state index in [0.717, 1.165) is 11.1 Å². The van der Waals surface area contributed by atoms with Gasteiger partial charge in [-0.05, 0) is 41.8 Å². The van der Waals surface area contributed by atoms with Crippen molar-refractivity contribution in [3.63, 3.8) is 0 Å². The lowest BCUT2D eigenvalue weighted by molar-refractivity contribution is -0.140. The van der Waals surface area contributed by atoms with E-state index in [1.54, 1.807) is 0 Å². The Morgan fingerprint density at radius 3 is 1.69 bits per heavy atom. The first-order valence-electron chi connectivity index (χ1n) is 8.36. The fourth-order valence-corrected chi connectivity index (χ4v) is 2.90. The van der Waals surface area contributed by atoms with Gasteiger partial charge in [0.15, 0.2) is 0 Å². The molecular weight excluding hydrogens is 328 g/mol. The number of benzene rings is 2. The van der Waals surface area contributed by atoms with Crippen molar-refractivity contribution in [3.8, 4) is 11.5 Å². The van der Waals surface area contributed by atoms with Crippen LogP contribution in [-0.2, 0) is 14.9 Å². The third-order valence-electron chi connectivity index (χ3n) is 4.48. The Bertz CT molecular complexity index is 691. The second kappa shape index (κ2) is 8.90. The molecule has 2 rings (SSSR count). The standard InChI is InChI=1S/C22H24O4/c1-5-25-19-11-7-17(8-12-19)22(3,16-15-21(23)24-4)18-9-13-20(14-10-18)26-6-2/h5-14H,1-2,15-16H2,3-4H3. The van der Waals surface area contributed by atoms with Crippen LogP contribution in [0.2, 0.25) is 0 Å². The van der Waals surface area contributed by atoms with Crippen LogP contribution in [0.3, 0.4) is 0 Å². The van der Waals surface area contributed by atoms with Crippen molar-refractivity contribution in [3.05, 3.63) is 85.3 Å². The highest BCUT2D eigenvalue weighted by molar-refractivity contribution is 5.69. The minimum Gasteiger partial charge on any atom is -0.469 e. The van der Waals surface area contributed by atoms with Gasteiger partial charge >= 0.3 is 5.97 Å². The van der Waals surface area contributed by atoms with Crippen LogP contribution in [0.5, 0.6) is 11.5 Å². The van der Waals surface area contributed by atoms with Gasteiger partial charge in [0.1, 0.15) is 11.5 Å². The monoisotopic (exact) mass is 352 g/mol. The van der Waals surface area contributed by atoms with E-state index in [9.17, 15) is 4.79 Å². The highest BCUT2D eigenvalue weighted by Crippen LogP contribution is 2.38. The average Bonchev–Trinajstić information content (AvgIpc) is 2.67. The fraction of sp³-hybridized carbons (Fsp3) is 0.227. The van der Waals surface area contributed by atoms with Gasteiger partial charge in [-0.3, -0.25) is 4.79 Å². The number of carbonyl (C=O) groups excluding carboxylic acids is 1. The van der Waals surface area contributed by atoms with Crippen LogP contribution >= 0.6 is 0 Å². The summed E-state index contributed by atoms with van der Waals surface area (Å²) in [6.07, 6.45) is 3.72. The molecule has 2 aromatic carbocycles. The maximum atomic E-state index is 11.7. The first-order valence-corrected chi connectivity index (χ1v) is 8.36. The van der Waals surface area contributed by atoms with Crippen molar-refractivity contribution in [2.75, 3.05) is 7.11 Å². The van der Waals surface area contributed by atoms with Crippen molar-refractivity contribution in [1.82, 2.24) is 0 Å². The van der Waals surface area contributed by atoms with E-state index in [-0.39, 0.29) is 11.4 Å². The minimum absolute atomic E-state index is 0.227. The summed E-state index contributed by atoms with van der Waals surface area (Å²) in [5.74, 6) is 1.21. The zero-order chi connectivity index (χ0) is 19.0. The number of rotatable bonds is 9. The van der Waals surface area contributed by atoms with E-state index in [4.69, 9.17) is 14.2 Å². The molecule has 0 spiro atoms. The molecule has 0 saturated heterocycles. The zero-order valence-electron chi connectivity index (χ0n) is 15.2. The van der Waals surface area contributed by atoms with Gasteiger partial charge in [-0.15, -0.1) is 0 Å². The second-order valence-electron chi connectivity index (χ2n) is 6.03. The number of hydrogen-bond acceptors (Lipinski definition) is 4. The molecule has 26 heavy (non-hydrogen) atoms. The van der Waals surface area contributed by atoms with Gasteiger partial charge in [0.2, 0.25) is 0 Å². The molecule has 4 heteroatoms. The van der Waals surface area contributed by atoms with Crippen LogP contribution in [0.4, 0.5) is 0 Å². The molecule has 0 N–H and O–H groups in total. The molecule has 0 amide bonds. The minimum atomic E-state index is -0.367. The van der Waals surface area contributed by atoms with Gasteiger partial charge in [0, 0.05) is 11.8 Å². The predicted octanol–water partition coefficient (Wildman–Crippen LogP) is 4.99. The molecule has 0 saturated carbocycles. The first kappa shape index (κ1) is 19.3. The maximum Gasteiger partial charge on any atom is 0.305 e. The van der Waals surface area contributed by atoms with Crippen molar-refractivity contribution in [2.24, 2.45) is 0 Å². The third kappa shape index (κ3) is 4.54. The van der Waals surface area contributed by atoms with Crippen LogP contribution in [0.1, 0.15) is 30.9 Å². The Morgan fingerprint density at radius 2 is 1.35 bits per heavy atom. The van der Waals surface area contributed by atoms with Gasteiger partial charge in [-0.25, -0.2) is 0 Å². The van der Waals surface area contributed by atoms with Crippen LogP contribution in [0.25, 0.3) is 0 Å². The molecule has 0 aliphatic rings. The van der Waals surface area contributed by atoms with Crippen LogP contribution in [0, 0.1) is 0 Å². The summed E-state index contributed by atoms with van der Waals surface area (Å²) in [6.45, 7) is 9.24. The molecule has 0 radical (unpaired) electrons. The first-order chi connectivity index (χ1) is 12.5. The third-order valence-corrected chi connectivity index (χ3v) is 4.48. The molecule has 4 nitrogen and oxygen atoms in total. The highest BCUT2D eigenvalue weighted by atomic mass is 16.5. The average molecular weight is 352 g/mol. The quantitative estimate of drug-likeness (QED) is 0.471. The van der Waals surface area contributed by atoms with E-state index < -0.39 is 0 Å². The van der Waals surface area contributed by atoms with Crippen molar-refractivity contribution in [2.45, 2.75) is 25.2 Å². The molecule has 0 atom stereocenters. The van der Waals surface area contributed by atoms with Crippen LogP contribution < -0.4 is 9.47 Å². The maximum absolute atomic E-state index is 11.7. The fourth-order valence-electron chi connectivity index (χ4n) is 2.90. The molecule has 0 aliphatic heterocycles.